The Kier molecular flexibility index (Phi) is 6.56. The molecule has 0 aliphatic heterocycles. The minimum absolute atomic E-state index is 0.000159. The molecule has 1 aromatic rings. The Morgan fingerprint density at radius 1 is 1.05 bits per heavy atom. The van der Waals surface area contributed by atoms with Gasteiger partial charge in [0.1, 0.15) is 11.5 Å². The maximum Gasteiger partial charge on any atom is 0.303 e. The van der Waals surface area contributed by atoms with Crippen molar-refractivity contribution < 1.29 is 24.2 Å². The van der Waals surface area contributed by atoms with E-state index in [0.29, 0.717) is 36.3 Å². The number of hydrogen-bond donors (Lipinski definition) is 1. The van der Waals surface area contributed by atoms with Gasteiger partial charge < -0.3 is 14.6 Å². The molecule has 1 aromatic carbocycles. The molecule has 0 aliphatic rings. The summed E-state index contributed by atoms with van der Waals surface area (Å²) in [6.07, 6.45) is 2.56. The fourth-order valence-corrected chi connectivity index (χ4v) is 1.90. The van der Waals surface area contributed by atoms with Gasteiger partial charge in [0.2, 0.25) is 0 Å². The van der Waals surface area contributed by atoms with E-state index in [4.69, 9.17) is 14.6 Å². The van der Waals surface area contributed by atoms with Crippen molar-refractivity contribution in [3.63, 3.8) is 0 Å². The quantitative estimate of drug-likeness (QED) is 0.556. The Morgan fingerprint density at radius 3 is 2.35 bits per heavy atom. The topological polar surface area (TPSA) is 72.8 Å². The van der Waals surface area contributed by atoms with Crippen molar-refractivity contribution in [2.75, 3.05) is 14.2 Å². The zero-order valence-electron chi connectivity index (χ0n) is 11.8. The van der Waals surface area contributed by atoms with Gasteiger partial charge in [-0.25, -0.2) is 0 Å². The van der Waals surface area contributed by atoms with Gasteiger partial charge in [0.15, 0.2) is 5.78 Å². The lowest BCUT2D eigenvalue weighted by Crippen LogP contribution is -2.03. The Hall–Kier alpha value is -2.04. The van der Waals surface area contributed by atoms with Crippen molar-refractivity contribution in [1.29, 1.82) is 0 Å². The lowest BCUT2D eigenvalue weighted by Gasteiger charge is -2.09. The number of carbonyl (C=O) groups is 2. The number of unbranched alkanes of at least 4 members (excludes halogenated alkanes) is 2. The van der Waals surface area contributed by atoms with Gasteiger partial charge in [-0.15, -0.1) is 0 Å². The molecule has 0 heterocycles. The van der Waals surface area contributed by atoms with Crippen molar-refractivity contribution >= 4 is 11.8 Å². The standard InChI is InChI=1S/C15H20O5/c1-19-11-8-9-12(14(10-11)20-2)13(16)6-4-3-5-7-15(17)18/h8-10H,3-7H2,1-2H3,(H,17,18). The molecule has 20 heavy (non-hydrogen) atoms. The smallest absolute Gasteiger partial charge is 0.303 e. The predicted molar refractivity (Wildman–Crippen MR) is 74.6 cm³/mol. The molecule has 5 nitrogen and oxygen atoms in total. The van der Waals surface area contributed by atoms with E-state index >= 15 is 0 Å². The van der Waals surface area contributed by atoms with E-state index in [2.05, 4.69) is 0 Å². The normalized spacial score (nSPS) is 10.1. The average Bonchev–Trinajstić information content (AvgIpc) is 2.45. The van der Waals surface area contributed by atoms with Crippen LogP contribution < -0.4 is 9.47 Å². The van der Waals surface area contributed by atoms with Gasteiger partial charge in [-0.05, 0) is 25.0 Å². The highest BCUT2D eigenvalue weighted by molar-refractivity contribution is 5.98. The first kappa shape index (κ1) is 16.0. The molecule has 5 heteroatoms. The number of carboxylic acid groups (broad SMARTS) is 1. The predicted octanol–water partition coefficient (Wildman–Crippen LogP) is 2.92. The SMILES string of the molecule is COc1ccc(C(=O)CCCCCC(=O)O)c(OC)c1. The molecule has 110 valence electrons. The molecule has 0 aliphatic carbocycles. The lowest BCUT2D eigenvalue weighted by molar-refractivity contribution is -0.137. The average molecular weight is 280 g/mol. The van der Waals surface area contributed by atoms with Gasteiger partial charge in [0, 0.05) is 18.9 Å². The van der Waals surface area contributed by atoms with E-state index in [1.54, 1.807) is 25.3 Å². The van der Waals surface area contributed by atoms with Crippen LogP contribution in [0, 0.1) is 0 Å². The Balaban J connectivity index is 2.52. The number of Topliss-reactive ketones (excluding diaryl/α,β-unsaturated/α-hetero) is 1. The van der Waals surface area contributed by atoms with Gasteiger partial charge >= 0.3 is 5.97 Å². The molecule has 0 unspecified atom stereocenters. The van der Waals surface area contributed by atoms with Gasteiger partial charge in [0.25, 0.3) is 0 Å². The summed E-state index contributed by atoms with van der Waals surface area (Å²) in [4.78, 5) is 22.5. The van der Waals surface area contributed by atoms with E-state index in [9.17, 15) is 9.59 Å². The summed E-state index contributed by atoms with van der Waals surface area (Å²) in [5.74, 6) is 0.340. The Labute approximate surface area is 118 Å². The van der Waals surface area contributed by atoms with Crippen LogP contribution in [0.4, 0.5) is 0 Å². The highest BCUT2D eigenvalue weighted by Gasteiger charge is 2.13. The molecular weight excluding hydrogens is 260 g/mol. The second-order valence-electron chi connectivity index (χ2n) is 4.44. The van der Waals surface area contributed by atoms with Crippen molar-refractivity contribution in [1.82, 2.24) is 0 Å². The van der Waals surface area contributed by atoms with Crippen LogP contribution in [-0.4, -0.2) is 31.1 Å². The summed E-state index contributed by atoms with van der Waals surface area (Å²) < 4.78 is 10.3. The van der Waals surface area contributed by atoms with E-state index in [0.717, 1.165) is 6.42 Å². The fourth-order valence-electron chi connectivity index (χ4n) is 1.90. The second kappa shape index (κ2) is 8.19. The highest BCUT2D eigenvalue weighted by atomic mass is 16.5. The summed E-state index contributed by atoms with van der Waals surface area (Å²) in [6, 6.07) is 5.09. The van der Waals surface area contributed by atoms with E-state index in [1.807, 2.05) is 0 Å². The van der Waals surface area contributed by atoms with Crippen molar-refractivity contribution in [3.8, 4) is 11.5 Å². The zero-order valence-corrected chi connectivity index (χ0v) is 11.8. The third-order valence-corrected chi connectivity index (χ3v) is 3.00. The largest absolute Gasteiger partial charge is 0.497 e. The molecule has 0 amide bonds. The maximum absolute atomic E-state index is 12.1. The third kappa shape index (κ3) is 4.91. The summed E-state index contributed by atoms with van der Waals surface area (Å²) in [6.45, 7) is 0. The Morgan fingerprint density at radius 2 is 1.75 bits per heavy atom. The third-order valence-electron chi connectivity index (χ3n) is 3.00. The van der Waals surface area contributed by atoms with Crippen LogP contribution in [0.3, 0.4) is 0 Å². The molecule has 0 saturated heterocycles. The first-order chi connectivity index (χ1) is 9.58. The minimum atomic E-state index is -0.798. The van der Waals surface area contributed by atoms with Gasteiger partial charge in [-0.1, -0.05) is 6.42 Å². The molecule has 1 N–H and O–H groups in total. The molecule has 0 spiro atoms. The summed E-state index contributed by atoms with van der Waals surface area (Å²) in [5.41, 5.74) is 0.534. The minimum Gasteiger partial charge on any atom is -0.497 e. The van der Waals surface area contributed by atoms with Gasteiger partial charge in [-0.3, -0.25) is 9.59 Å². The van der Waals surface area contributed by atoms with Gasteiger partial charge in [0.05, 0.1) is 19.8 Å². The van der Waals surface area contributed by atoms with Crippen molar-refractivity contribution in [2.45, 2.75) is 32.1 Å². The highest BCUT2D eigenvalue weighted by Crippen LogP contribution is 2.26. The second-order valence-corrected chi connectivity index (χ2v) is 4.44. The summed E-state index contributed by atoms with van der Waals surface area (Å²) in [5, 5.41) is 8.52. The van der Waals surface area contributed by atoms with Crippen LogP contribution >= 0.6 is 0 Å². The van der Waals surface area contributed by atoms with Crippen molar-refractivity contribution in [3.05, 3.63) is 23.8 Å². The first-order valence-corrected chi connectivity index (χ1v) is 6.55. The maximum atomic E-state index is 12.1. The van der Waals surface area contributed by atoms with Crippen LogP contribution in [0.25, 0.3) is 0 Å². The first-order valence-electron chi connectivity index (χ1n) is 6.55. The van der Waals surface area contributed by atoms with E-state index in [-0.39, 0.29) is 12.2 Å². The molecule has 0 radical (unpaired) electrons. The zero-order chi connectivity index (χ0) is 15.0. The lowest BCUT2D eigenvalue weighted by atomic mass is 10.0. The Bertz CT molecular complexity index is 467. The summed E-state index contributed by atoms with van der Waals surface area (Å²) >= 11 is 0. The van der Waals surface area contributed by atoms with Crippen LogP contribution in [0.1, 0.15) is 42.5 Å². The van der Waals surface area contributed by atoms with Crippen LogP contribution in [0.2, 0.25) is 0 Å². The molecule has 0 fully saturated rings. The molecule has 0 bridgehead atoms. The van der Waals surface area contributed by atoms with Crippen LogP contribution in [0.5, 0.6) is 11.5 Å². The number of benzene rings is 1. The monoisotopic (exact) mass is 280 g/mol. The van der Waals surface area contributed by atoms with E-state index < -0.39 is 5.97 Å². The molecular formula is C15H20O5. The van der Waals surface area contributed by atoms with Crippen molar-refractivity contribution in [2.24, 2.45) is 0 Å². The number of carbonyl (C=O) groups excluding carboxylic acids is 1. The van der Waals surface area contributed by atoms with E-state index in [1.165, 1.54) is 7.11 Å². The number of aliphatic carboxylic acids is 1. The number of methoxy groups -OCH3 is 2. The number of ketones is 1. The number of ether oxygens (including phenoxy) is 2. The number of rotatable bonds is 9. The van der Waals surface area contributed by atoms with Crippen LogP contribution in [-0.2, 0) is 4.79 Å². The van der Waals surface area contributed by atoms with Gasteiger partial charge in [-0.2, -0.15) is 0 Å². The number of carboxylic acids is 1. The molecule has 0 saturated carbocycles. The fraction of sp³-hybridized carbons (Fsp3) is 0.467. The molecule has 0 aromatic heterocycles. The summed E-state index contributed by atoms with van der Waals surface area (Å²) in [7, 11) is 3.07. The van der Waals surface area contributed by atoms with Crippen LogP contribution in [0.15, 0.2) is 18.2 Å². The molecule has 1 rings (SSSR count). The number of hydrogen-bond acceptors (Lipinski definition) is 4. The molecule has 0 atom stereocenters.